The van der Waals surface area contributed by atoms with Crippen LogP contribution >= 0.6 is 0 Å². The lowest BCUT2D eigenvalue weighted by molar-refractivity contribution is 0.383. The molecule has 0 spiro atoms. The van der Waals surface area contributed by atoms with Crippen LogP contribution in [0.15, 0.2) is 6.20 Å². The molecule has 0 aromatic carbocycles. The van der Waals surface area contributed by atoms with Crippen molar-refractivity contribution in [1.29, 1.82) is 0 Å². The van der Waals surface area contributed by atoms with E-state index in [1.165, 1.54) is 12.8 Å². The molecule has 94 valence electrons. The number of piperidine rings is 1. The zero-order valence-electron chi connectivity index (χ0n) is 10.5. The molecule has 0 aliphatic carbocycles. The van der Waals surface area contributed by atoms with Gasteiger partial charge in [-0.15, -0.1) is 0 Å². The second kappa shape index (κ2) is 5.82. The summed E-state index contributed by atoms with van der Waals surface area (Å²) in [5.74, 6) is 2.04. The Morgan fingerprint density at radius 2 is 2.24 bits per heavy atom. The molecule has 5 heteroatoms. The van der Waals surface area contributed by atoms with Gasteiger partial charge in [-0.3, -0.25) is 0 Å². The molecule has 0 saturated carbocycles. The van der Waals surface area contributed by atoms with Crippen LogP contribution in [0.5, 0.6) is 5.88 Å². The van der Waals surface area contributed by atoms with Gasteiger partial charge in [0.2, 0.25) is 0 Å². The second-order valence-electron chi connectivity index (χ2n) is 4.44. The first-order chi connectivity index (χ1) is 8.29. The highest BCUT2D eigenvalue weighted by molar-refractivity contribution is 5.45. The van der Waals surface area contributed by atoms with Crippen LogP contribution in [0.3, 0.4) is 0 Å². The predicted molar refractivity (Wildman–Crippen MR) is 67.4 cm³/mol. The molecule has 0 unspecified atom stereocenters. The summed E-state index contributed by atoms with van der Waals surface area (Å²) in [6.45, 7) is 5.08. The van der Waals surface area contributed by atoms with Crippen LogP contribution in [0.2, 0.25) is 0 Å². The minimum absolute atomic E-state index is 0.582. The highest BCUT2D eigenvalue weighted by Gasteiger charge is 2.14. The summed E-state index contributed by atoms with van der Waals surface area (Å²) >= 11 is 0. The molecule has 5 nitrogen and oxygen atoms in total. The van der Waals surface area contributed by atoms with Gasteiger partial charge in [0.15, 0.2) is 5.82 Å². The molecule has 1 aromatic heterocycles. The third-order valence-corrected chi connectivity index (χ3v) is 3.07. The minimum Gasteiger partial charge on any atom is -0.478 e. The molecule has 2 rings (SSSR count). The Morgan fingerprint density at radius 3 is 2.94 bits per heavy atom. The zero-order chi connectivity index (χ0) is 12.1. The Labute approximate surface area is 102 Å². The maximum Gasteiger partial charge on any atom is 0.257 e. The van der Waals surface area contributed by atoms with Gasteiger partial charge >= 0.3 is 0 Å². The van der Waals surface area contributed by atoms with Crippen molar-refractivity contribution in [2.75, 3.05) is 32.1 Å². The molecule has 0 amide bonds. The summed E-state index contributed by atoms with van der Waals surface area (Å²) in [5.41, 5.74) is 0.870. The molecule has 1 fully saturated rings. The number of ether oxygens (including phenoxy) is 1. The largest absolute Gasteiger partial charge is 0.478 e. The Balaban J connectivity index is 1.93. The number of rotatable bonds is 4. The zero-order valence-corrected chi connectivity index (χ0v) is 10.5. The number of aryl methyl sites for hydroxylation is 1. The van der Waals surface area contributed by atoms with E-state index >= 15 is 0 Å². The Kier molecular flexibility index (Phi) is 4.14. The van der Waals surface area contributed by atoms with E-state index in [4.69, 9.17) is 4.74 Å². The first-order valence-corrected chi connectivity index (χ1v) is 6.12. The van der Waals surface area contributed by atoms with E-state index in [0.29, 0.717) is 11.8 Å². The van der Waals surface area contributed by atoms with E-state index in [2.05, 4.69) is 20.6 Å². The first-order valence-electron chi connectivity index (χ1n) is 6.12. The molecule has 1 aliphatic heterocycles. The Hall–Kier alpha value is -1.36. The topological polar surface area (TPSA) is 59.1 Å². The van der Waals surface area contributed by atoms with Crippen molar-refractivity contribution in [2.24, 2.45) is 5.92 Å². The molecule has 1 aliphatic rings. The van der Waals surface area contributed by atoms with Gasteiger partial charge in [0.1, 0.15) is 0 Å². The van der Waals surface area contributed by atoms with Crippen molar-refractivity contribution in [1.82, 2.24) is 15.3 Å². The highest BCUT2D eigenvalue weighted by atomic mass is 16.5. The molecule has 0 atom stereocenters. The number of anilines is 1. The van der Waals surface area contributed by atoms with Gasteiger partial charge in [-0.25, -0.2) is 9.97 Å². The molecule has 1 aromatic rings. The van der Waals surface area contributed by atoms with Crippen molar-refractivity contribution in [2.45, 2.75) is 19.8 Å². The van der Waals surface area contributed by atoms with E-state index in [1.807, 2.05) is 6.92 Å². The van der Waals surface area contributed by atoms with Gasteiger partial charge in [-0.1, -0.05) is 0 Å². The lowest BCUT2D eigenvalue weighted by Crippen LogP contribution is -2.31. The highest BCUT2D eigenvalue weighted by Crippen LogP contribution is 2.20. The maximum atomic E-state index is 5.22. The van der Waals surface area contributed by atoms with Crippen molar-refractivity contribution in [3.05, 3.63) is 11.9 Å². The van der Waals surface area contributed by atoms with Crippen molar-refractivity contribution >= 4 is 5.82 Å². The van der Waals surface area contributed by atoms with E-state index in [0.717, 1.165) is 31.1 Å². The number of hydrogen-bond acceptors (Lipinski definition) is 5. The molecular formula is C12H20N4O. The maximum absolute atomic E-state index is 5.22. The fourth-order valence-corrected chi connectivity index (χ4v) is 2.05. The molecule has 2 N–H and O–H groups in total. The number of methoxy groups -OCH3 is 1. The van der Waals surface area contributed by atoms with Crippen molar-refractivity contribution in [3.8, 4) is 5.88 Å². The molecule has 2 heterocycles. The normalized spacial score (nSPS) is 16.8. The quantitative estimate of drug-likeness (QED) is 0.822. The van der Waals surface area contributed by atoms with Crippen molar-refractivity contribution < 1.29 is 4.74 Å². The number of nitrogens with zero attached hydrogens (tertiary/aromatic N) is 2. The third kappa shape index (κ3) is 3.30. The standard InChI is InChI=1S/C12H20N4O/c1-9-7-14-11(12(16-9)17-2)15-8-10-3-5-13-6-4-10/h7,10,13H,3-6,8H2,1-2H3,(H,14,15). The van der Waals surface area contributed by atoms with Crippen LogP contribution in [0.25, 0.3) is 0 Å². The monoisotopic (exact) mass is 236 g/mol. The summed E-state index contributed by atoms with van der Waals surface area (Å²) in [4.78, 5) is 8.62. The fraction of sp³-hybridized carbons (Fsp3) is 0.667. The Morgan fingerprint density at radius 1 is 1.47 bits per heavy atom. The first kappa shape index (κ1) is 12.1. The van der Waals surface area contributed by atoms with E-state index in [-0.39, 0.29) is 0 Å². The third-order valence-electron chi connectivity index (χ3n) is 3.07. The molecule has 1 saturated heterocycles. The van der Waals surface area contributed by atoms with Gasteiger partial charge < -0.3 is 15.4 Å². The SMILES string of the molecule is COc1nc(C)cnc1NCC1CCNCC1. The molecular weight excluding hydrogens is 216 g/mol. The minimum atomic E-state index is 0.582. The van der Waals surface area contributed by atoms with Gasteiger partial charge in [0, 0.05) is 6.54 Å². The Bertz CT molecular complexity index is 364. The summed E-state index contributed by atoms with van der Waals surface area (Å²) < 4.78 is 5.22. The predicted octanol–water partition coefficient (Wildman–Crippen LogP) is 1.21. The van der Waals surface area contributed by atoms with Crippen LogP contribution in [-0.4, -0.2) is 36.7 Å². The van der Waals surface area contributed by atoms with E-state index in [1.54, 1.807) is 13.3 Å². The van der Waals surface area contributed by atoms with Crippen LogP contribution < -0.4 is 15.4 Å². The van der Waals surface area contributed by atoms with Crippen LogP contribution in [0.4, 0.5) is 5.82 Å². The van der Waals surface area contributed by atoms with Crippen LogP contribution in [0, 0.1) is 12.8 Å². The lowest BCUT2D eigenvalue weighted by atomic mass is 9.98. The van der Waals surface area contributed by atoms with Crippen LogP contribution in [-0.2, 0) is 0 Å². The van der Waals surface area contributed by atoms with Gasteiger partial charge in [0.05, 0.1) is 19.0 Å². The molecule has 0 bridgehead atoms. The van der Waals surface area contributed by atoms with Crippen LogP contribution in [0.1, 0.15) is 18.5 Å². The average Bonchev–Trinajstić information content (AvgIpc) is 2.38. The summed E-state index contributed by atoms with van der Waals surface area (Å²) in [6, 6.07) is 0. The smallest absolute Gasteiger partial charge is 0.257 e. The second-order valence-corrected chi connectivity index (χ2v) is 4.44. The average molecular weight is 236 g/mol. The lowest BCUT2D eigenvalue weighted by Gasteiger charge is -2.23. The van der Waals surface area contributed by atoms with E-state index in [9.17, 15) is 0 Å². The van der Waals surface area contributed by atoms with E-state index < -0.39 is 0 Å². The molecule has 0 radical (unpaired) electrons. The number of nitrogens with one attached hydrogen (secondary N) is 2. The van der Waals surface area contributed by atoms with Crippen molar-refractivity contribution in [3.63, 3.8) is 0 Å². The number of aromatic nitrogens is 2. The fourth-order valence-electron chi connectivity index (χ4n) is 2.05. The van der Waals surface area contributed by atoms with Gasteiger partial charge in [-0.2, -0.15) is 0 Å². The summed E-state index contributed by atoms with van der Waals surface area (Å²) in [7, 11) is 1.62. The number of hydrogen-bond donors (Lipinski definition) is 2. The van der Waals surface area contributed by atoms with Gasteiger partial charge in [0.25, 0.3) is 5.88 Å². The molecule has 17 heavy (non-hydrogen) atoms. The van der Waals surface area contributed by atoms with Gasteiger partial charge in [-0.05, 0) is 38.8 Å². The summed E-state index contributed by atoms with van der Waals surface area (Å²) in [5, 5.41) is 6.70. The summed E-state index contributed by atoms with van der Waals surface area (Å²) in [6.07, 6.45) is 4.19.